The molecule has 3 unspecified atom stereocenters. The SMILES string of the molecule is Cl.OCC1OCCC(O)C1O. The summed E-state index contributed by atoms with van der Waals surface area (Å²) in [5.41, 5.74) is 0. The molecule has 1 fully saturated rings. The van der Waals surface area contributed by atoms with Crippen molar-refractivity contribution in [3.05, 3.63) is 0 Å². The monoisotopic (exact) mass is 184 g/mol. The minimum Gasteiger partial charge on any atom is -0.394 e. The van der Waals surface area contributed by atoms with Crippen LogP contribution in [-0.4, -0.2) is 46.8 Å². The third kappa shape index (κ3) is 2.57. The molecule has 1 rings (SSSR count). The van der Waals surface area contributed by atoms with E-state index in [4.69, 9.17) is 20.1 Å². The second-order valence-corrected chi connectivity index (χ2v) is 2.44. The molecule has 0 bridgehead atoms. The fourth-order valence-corrected chi connectivity index (χ4v) is 1.02. The molecule has 0 saturated carbocycles. The molecule has 0 aromatic rings. The van der Waals surface area contributed by atoms with Crippen molar-refractivity contribution in [3.8, 4) is 0 Å². The van der Waals surface area contributed by atoms with Gasteiger partial charge >= 0.3 is 0 Å². The van der Waals surface area contributed by atoms with Crippen molar-refractivity contribution in [2.45, 2.75) is 24.7 Å². The zero-order chi connectivity index (χ0) is 7.56. The first-order chi connectivity index (χ1) is 4.75. The minimum absolute atomic E-state index is 0. The number of aliphatic hydroxyl groups is 3. The molecule has 1 saturated heterocycles. The number of ether oxygens (including phenoxy) is 1. The van der Waals surface area contributed by atoms with Gasteiger partial charge < -0.3 is 20.1 Å². The van der Waals surface area contributed by atoms with Crippen molar-refractivity contribution in [3.63, 3.8) is 0 Å². The average molecular weight is 185 g/mol. The number of halogens is 1. The molecule has 0 amide bonds. The Hall–Kier alpha value is 0.130. The van der Waals surface area contributed by atoms with E-state index in [0.717, 1.165) is 0 Å². The van der Waals surface area contributed by atoms with E-state index in [9.17, 15) is 0 Å². The second-order valence-electron chi connectivity index (χ2n) is 2.44. The van der Waals surface area contributed by atoms with E-state index in [-0.39, 0.29) is 19.0 Å². The fraction of sp³-hybridized carbons (Fsp3) is 1.00. The van der Waals surface area contributed by atoms with E-state index in [1.165, 1.54) is 0 Å². The normalized spacial score (nSPS) is 37.9. The fourth-order valence-electron chi connectivity index (χ4n) is 1.02. The summed E-state index contributed by atoms with van der Waals surface area (Å²) in [5, 5.41) is 26.7. The highest BCUT2D eigenvalue weighted by Gasteiger charge is 2.30. The van der Waals surface area contributed by atoms with Gasteiger partial charge in [-0.3, -0.25) is 0 Å². The maximum absolute atomic E-state index is 9.10. The number of rotatable bonds is 1. The third-order valence-electron chi connectivity index (χ3n) is 1.70. The molecule has 3 atom stereocenters. The van der Waals surface area contributed by atoms with Gasteiger partial charge in [-0.05, 0) is 6.42 Å². The van der Waals surface area contributed by atoms with E-state index in [0.29, 0.717) is 13.0 Å². The quantitative estimate of drug-likeness (QED) is 0.485. The smallest absolute Gasteiger partial charge is 0.109 e. The van der Waals surface area contributed by atoms with Gasteiger partial charge in [0.25, 0.3) is 0 Å². The lowest BCUT2D eigenvalue weighted by atomic mass is 10.0. The van der Waals surface area contributed by atoms with Crippen LogP contribution in [0.4, 0.5) is 0 Å². The first-order valence-electron chi connectivity index (χ1n) is 3.34. The van der Waals surface area contributed by atoms with Crippen LogP contribution in [0.5, 0.6) is 0 Å². The molecule has 0 aromatic heterocycles. The van der Waals surface area contributed by atoms with Crippen molar-refractivity contribution in [1.82, 2.24) is 0 Å². The van der Waals surface area contributed by atoms with E-state index < -0.39 is 18.3 Å². The highest BCUT2D eigenvalue weighted by molar-refractivity contribution is 5.85. The molecule has 4 nitrogen and oxygen atoms in total. The molecule has 1 heterocycles. The highest BCUT2D eigenvalue weighted by Crippen LogP contribution is 2.13. The lowest BCUT2D eigenvalue weighted by molar-refractivity contribution is -0.147. The van der Waals surface area contributed by atoms with Crippen molar-refractivity contribution in [2.24, 2.45) is 0 Å². The Labute approximate surface area is 71.2 Å². The summed E-state index contributed by atoms with van der Waals surface area (Å²) in [5.74, 6) is 0. The molecule has 3 N–H and O–H groups in total. The summed E-state index contributed by atoms with van der Waals surface area (Å²) >= 11 is 0. The molecule has 0 aliphatic carbocycles. The van der Waals surface area contributed by atoms with Gasteiger partial charge in [0.15, 0.2) is 0 Å². The molecule has 68 valence electrons. The molecule has 1 aliphatic rings. The number of hydrogen-bond donors (Lipinski definition) is 3. The second kappa shape index (κ2) is 4.90. The Morgan fingerprint density at radius 3 is 2.45 bits per heavy atom. The highest BCUT2D eigenvalue weighted by atomic mass is 35.5. The van der Waals surface area contributed by atoms with Crippen LogP contribution in [0, 0.1) is 0 Å². The topological polar surface area (TPSA) is 69.9 Å². The van der Waals surface area contributed by atoms with Gasteiger partial charge in [-0.15, -0.1) is 12.4 Å². The van der Waals surface area contributed by atoms with E-state index >= 15 is 0 Å². The largest absolute Gasteiger partial charge is 0.394 e. The molecule has 5 heteroatoms. The number of aliphatic hydroxyl groups excluding tert-OH is 3. The van der Waals surface area contributed by atoms with Gasteiger partial charge in [0.2, 0.25) is 0 Å². The first kappa shape index (κ1) is 11.1. The minimum atomic E-state index is -0.932. The van der Waals surface area contributed by atoms with Gasteiger partial charge in [0.1, 0.15) is 12.2 Å². The van der Waals surface area contributed by atoms with Crippen LogP contribution in [0.25, 0.3) is 0 Å². The van der Waals surface area contributed by atoms with Crippen LogP contribution in [0.2, 0.25) is 0 Å². The summed E-state index contributed by atoms with van der Waals surface area (Å²) in [7, 11) is 0. The molecular weight excluding hydrogens is 172 g/mol. The molecule has 0 radical (unpaired) electrons. The van der Waals surface area contributed by atoms with E-state index in [1.54, 1.807) is 0 Å². The molecular formula is C6H13ClO4. The maximum atomic E-state index is 9.10. The first-order valence-corrected chi connectivity index (χ1v) is 3.34. The van der Waals surface area contributed by atoms with Gasteiger partial charge in [0, 0.05) is 6.61 Å². The Bertz CT molecular complexity index is 111. The summed E-state index contributed by atoms with van der Waals surface area (Å²) in [6.07, 6.45) is -1.84. The summed E-state index contributed by atoms with van der Waals surface area (Å²) in [4.78, 5) is 0. The van der Waals surface area contributed by atoms with Crippen molar-refractivity contribution >= 4 is 12.4 Å². The summed E-state index contributed by atoms with van der Waals surface area (Å²) < 4.78 is 4.95. The van der Waals surface area contributed by atoms with Crippen LogP contribution in [0.15, 0.2) is 0 Å². The Morgan fingerprint density at radius 1 is 1.36 bits per heavy atom. The van der Waals surface area contributed by atoms with Crippen molar-refractivity contribution in [2.75, 3.05) is 13.2 Å². The summed E-state index contributed by atoms with van der Waals surface area (Å²) in [6.45, 7) is 0.168. The molecule has 0 spiro atoms. The van der Waals surface area contributed by atoms with Crippen molar-refractivity contribution in [1.29, 1.82) is 0 Å². The van der Waals surface area contributed by atoms with Crippen LogP contribution in [0.3, 0.4) is 0 Å². The Balaban J connectivity index is 0.000001000. The zero-order valence-corrected chi connectivity index (χ0v) is 6.83. The van der Waals surface area contributed by atoms with Crippen LogP contribution in [0.1, 0.15) is 6.42 Å². The molecule has 0 aromatic carbocycles. The van der Waals surface area contributed by atoms with Crippen LogP contribution in [-0.2, 0) is 4.74 Å². The molecule has 11 heavy (non-hydrogen) atoms. The standard InChI is InChI=1S/C6H12O4.ClH/c7-3-5-6(9)4(8)1-2-10-5;/h4-9H,1-3H2;1H. The Morgan fingerprint density at radius 2 is 2.00 bits per heavy atom. The predicted octanol–water partition coefficient (Wildman–Crippen LogP) is -1.09. The lowest BCUT2D eigenvalue weighted by Gasteiger charge is -2.30. The third-order valence-corrected chi connectivity index (χ3v) is 1.70. The zero-order valence-electron chi connectivity index (χ0n) is 6.01. The van der Waals surface area contributed by atoms with Gasteiger partial charge in [0.05, 0.1) is 12.7 Å². The van der Waals surface area contributed by atoms with E-state index in [1.807, 2.05) is 0 Å². The van der Waals surface area contributed by atoms with Crippen molar-refractivity contribution < 1.29 is 20.1 Å². The van der Waals surface area contributed by atoms with E-state index in [2.05, 4.69) is 0 Å². The van der Waals surface area contributed by atoms with Gasteiger partial charge in [-0.2, -0.15) is 0 Å². The summed E-state index contributed by atoms with van der Waals surface area (Å²) in [6, 6.07) is 0. The lowest BCUT2D eigenvalue weighted by Crippen LogP contribution is -2.46. The Kier molecular flexibility index (Phi) is 4.96. The number of hydrogen-bond acceptors (Lipinski definition) is 4. The maximum Gasteiger partial charge on any atom is 0.109 e. The van der Waals surface area contributed by atoms with Gasteiger partial charge in [-0.1, -0.05) is 0 Å². The van der Waals surface area contributed by atoms with Gasteiger partial charge in [-0.25, -0.2) is 0 Å². The predicted molar refractivity (Wildman–Crippen MR) is 40.7 cm³/mol. The van der Waals surface area contributed by atoms with Crippen LogP contribution >= 0.6 is 12.4 Å². The average Bonchev–Trinajstić information content (AvgIpc) is 1.95. The molecule has 1 aliphatic heterocycles. The van der Waals surface area contributed by atoms with Crippen LogP contribution < -0.4 is 0 Å².